The molecule has 1 radical (unpaired) electrons. The number of ether oxygens (including phenoxy) is 1. The molecule has 15 heavy (non-hydrogen) atoms. The number of hydrogen-bond donors (Lipinski definition) is 0. The second-order valence-electron chi connectivity index (χ2n) is 2.79. The topological polar surface area (TPSA) is 61.8 Å². The van der Waals surface area contributed by atoms with Gasteiger partial charge in [-0.2, -0.15) is 0 Å². The fourth-order valence-corrected chi connectivity index (χ4v) is 0.946. The summed E-state index contributed by atoms with van der Waals surface area (Å²) in [6.07, 6.45) is 3.97. The van der Waals surface area contributed by atoms with E-state index in [1.165, 1.54) is 13.8 Å². The molecule has 0 aromatic carbocycles. The van der Waals surface area contributed by atoms with Crippen molar-refractivity contribution in [3.8, 4) is 12.3 Å². The molecule has 1 unspecified atom stereocenters. The van der Waals surface area contributed by atoms with E-state index in [0.717, 1.165) is 0 Å². The van der Waals surface area contributed by atoms with Crippen LogP contribution in [0.2, 0.25) is 0 Å². The van der Waals surface area contributed by atoms with Crippen molar-refractivity contribution in [2.45, 2.75) is 26.4 Å². The van der Waals surface area contributed by atoms with E-state index in [1.807, 2.05) is 0 Å². The third kappa shape index (κ3) is 8.60. The third-order valence-electron chi connectivity index (χ3n) is 1.11. The molecule has 0 bridgehead atoms. The van der Waals surface area contributed by atoms with E-state index in [4.69, 9.17) is 6.42 Å². The predicted molar refractivity (Wildman–Crippen MR) is 56.9 cm³/mol. The van der Waals surface area contributed by atoms with Crippen LogP contribution in [0.4, 0.5) is 4.79 Å². The first-order valence-corrected chi connectivity index (χ1v) is 5.19. The molecule has 0 aliphatic rings. The molecule has 0 saturated carbocycles. The number of carbonyl (C=O) groups is 1. The molecule has 81 valence electrons. The predicted octanol–water partition coefficient (Wildman–Crippen LogP) is 1.60. The third-order valence-corrected chi connectivity index (χ3v) is 1.97. The van der Waals surface area contributed by atoms with Gasteiger partial charge in [-0.25, -0.2) is 9.36 Å². The van der Waals surface area contributed by atoms with Gasteiger partial charge < -0.3 is 13.8 Å². The van der Waals surface area contributed by atoms with Gasteiger partial charge >= 0.3 is 14.4 Å². The van der Waals surface area contributed by atoms with Crippen LogP contribution in [0.3, 0.4) is 0 Å². The zero-order valence-corrected chi connectivity index (χ0v) is 10.3. The molecule has 0 fully saturated rings. The van der Waals surface area contributed by atoms with Crippen molar-refractivity contribution >= 4 is 33.3 Å². The Kier molecular flexibility index (Phi) is 8.91. The van der Waals surface area contributed by atoms with Gasteiger partial charge in [-0.1, -0.05) is 5.92 Å². The molecule has 0 rings (SSSR count). The molecule has 0 spiro atoms. The number of hydrogen-bond acceptors (Lipinski definition) is 5. The Morgan fingerprint density at radius 2 is 2.07 bits per heavy atom. The number of rotatable bonds is 4. The molecule has 0 aliphatic heterocycles. The molecule has 0 aromatic rings. The van der Waals surface area contributed by atoms with Crippen LogP contribution in [0.15, 0.2) is 0 Å². The maximum atomic E-state index is 10.9. The monoisotopic (exact) mass is 227 g/mol. The molecule has 0 amide bonds. The molecule has 0 N–H and O–H groups in total. The average molecular weight is 227 g/mol. The molecular formula is C8H13LiO5P. The molecular weight excluding hydrogens is 214 g/mol. The van der Waals surface area contributed by atoms with Crippen LogP contribution in [0.25, 0.3) is 0 Å². The van der Waals surface area contributed by atoms with E-state index in [2.05, 4.69) is 19.7 Å². The van der Waals surface area contributed by atoms with Crippen LogP contribution in [0.5, 0.6) is 0 Å². The second-order valence-corrected chi connectivity index (χ2v) is 3.78. The summed E-state index contributed by atoms with van der Waals surface area (Å²) in [6.45, 7) is 4.84. The maximum absolute atomic E-state index is 10.9. The Bertz CT molecular complexity index is 271. The first-order valence-electron chi connectivity index (χ1n) is 3.96. The minimum Gasteiger partial charge on any atom is -0.415 e. The Hall–Kier alpha value is -0.383. The van der Waals surface area contributed by atoms with E-state index < -0.39 is 20.0 Å². The minimum atomic E-state index is -2.81. The summed E-state index contributed by atoms with van der Waals surface area (Å²) in [5.41, 5.74) is -1.08. The molecule has 0 saturated heterocycles. The summed E-state index contributed by atoms with van der Waals surface area (Å²) >= 11 is 0. The van der Waals surface area contributed by atoms with Crippen LogP contribution < -0.4 is 0 Å². The van der Waals surface area contributed by atoms with Crippen LogP contribution >= 0.6 is 8.25 Å². The standard InChI is InChI=1S/C8H13O5P.Li/c1-5-8(3,4)12-7(9)13-14(10)11-6-2;/h1,14H,6H2,2-4H3;. The molecule has 1 atom stereocenters. The van der Waals surface area contributed by atoms with E-state index in [-0.39, 0.29) is 25.5 Å². The van der Waals surface area contributed by atoms with Crippen molar-refractivity contribution in [3.05, 3.63) is 0 Å². The van der Waals surface area contributed by atoms with E-state index in [1.54, 1.807) is 6.92 Å². The molecule has 7 heteroatoms. The van der Waals surface area contributed by atoms with Crippen molar-refractivity contribution in [1.29, 1.82) is 0 Å². The smallest absolute Gasteiger partial charge is 0.415 e. The Morgan fingerprint density at radius 3 is 2.47 bits per heavy atom. The molecule has 0 aliphatic carbocycles. The SMILES string of the molecule is C#CC(C)(C)OC(=O)O[PH](=O)OCC.[Li]. The number of terminal acetylenes is 1. The van der Waals surface area contributed by atoms with Gasteiger partial charge in [0.15, 0.2) is 5.60 Å². The summed E-state index contributed by atoms with van der Waals surface area (Å²) in [4.78, 5) is 10.9. The minimum absolute atomic E-state index is 0. The molecule has 5 nitrogen and oxygen atoms in total. The largest absolute Gasteiger partial charge is 0.516 e. The van der Waals surface area contributed by atoms with Gasteiger partial charge in [0.25, 0.3) is 0 Å². The molecule has 0 heterocycles. The van der Waals surface area contributed by atoms with Crippen LogP contribution in [-0.2, 0) is 18.3 Å². The van der Waals surface area contributed by atoms with Gasteiger partial charge in [0, 0.05) is 18.9 Å². The Balaban J connectivity index is 0. The first kappa shape index (κ1) is 17.0. The Morgan fingerprint density at radius 1 is 1.53 bits per heavy atom. The van der Waals surface area contributed by atoms with E-state index in [9.17, 15) is 9.36 Å². The summed E-state index contributed by atoms with van der Waals surface area (Å²) in [5.74, 6) is 2.22. The zero-order chi connectivity index (χ0) is 11.2. The summed E-state index contributed by atoms with van der Waals surface area (Å²) in [5, 5.41) is 0. The van der Waals surface area contributed by atoms with Gasteiger partial charge in [-0.15, -0.1) is 6.42 Å². The molecule has 0 aromatic heterocycles. The fourth-order valence-electron chi connectivity index (χ4n) is 0.474. The zero-order valence-electron chi connectivity index (χ0n) is 9.33. The van der Waals surface area contributed by atoms with Crippen molar-refractivity contribution < 1.29 is 23.1 Å². The van der Waals surface area contributed by atoms with Crippen molar-refractivity contribution in [1.82, 2.24) is 0 Å². The second kappa shape index (κ2) is 7.85. The van der Waals surface area contributed by atoms with Gasteiger partial charge in [-0.3, -0.25) is 0 Å². The first-order chi connectivity index (χ1) is 6.41. The van der Waals surface area contributed by atoms with Crippen molar-refractivity contribution in [2.24, 2.45) is 0 Å². The fraction of sp³-hybridized carbons (Fsp3) is 0.625. The van der Waals surface area contributed by atoms with E-state index in [0.29, 0.717) is 0 Å². The van der Waals surface area contributed by atoms with Crippen molar-refractivity contribution in [2.75, 3.05) is 6.61 Å². The summed E-state index contributed by atoms with van der Waals surface area (Å²) < 4.78 is 24.3. The van der Waals surface area contributed by atoms with Gasteiger partial charge in [-0.05, 0) is 20.8 Å². The van der Waals surface area contributed by atoms with E-state index >= 15 is 0 Å². The van der Waals surface area contributed by atoms with Crippen LogP contribution in [0, 0.1) is 12.3 Å². The average Bonchev–Trinajstić information content (AvgIpc) is 2.03. The van der Waals surface area contributed by atoms with Crippen LogP contribution in [0.1, 0.15) is 20.8 Å². The van der Waals surface area contributed by atoms with Gasteiger partial charge in [0.1, 0.15) is 0 Å². The Labute approximate surface area is 102 Å². The maximum Gasteiger partial charge on any atom is 0.516 e. The van der Waals surface area contributed by atoms with Gasteiger partial charge in [0.2, 0.25) is 0 Å². The van der Waals surface area contributed by atoms with Gasteiger partial charge in [0.05, 0.1) is 6.61 Å². The summed E-state index contributed by atoms with van der Waals surface area (Å²) in [6, 6.07) is 0. The normalized spacial score (nSPS) is 11.9. The van der Waals surface area contributed by atoms with Crippen molar-refractivity contribution in [3.63, 3.8) is 0 Å². The number of carbonyl (C=O) groups excluding carboxylic acids is 1. The quantitative estimate of drug-likeness (QED) is 0.316. The summed E-state index contributed by atoms with van der Waals surface area (Å²) in [7, 11) is -2.81. The van der Waals surface area contributed by atoms with Crippen LogP contribution in [-0.4, -0.2) is 37.2 Å².